The number of benzene rings is 2. The average molecular weight is 288 g/mol. The molecule has 3 heteroatoms. The number of ether oxygens (including phenoxy) is 1. The molecule has 0 fully saturated rings. The van der Waals surface area contributed by atoms with Gasteiger partial charge in [0.25, 0.3) is 0 Å². The van der Waals surface area contributed by atoms with E-state index in [0.717, 1.165) is 16.7 Å². The zero-order valence-electron chi connectivity index (χ0n) is 11.9. The molecule has 4 rings (SSSR count). The first-order chi connectivity index (χ1) is 10.6. The molecule has 0 radical (unpaired) electrons. The summed E-state index contributed by atoms with van der Waals surface area (Å²) in [5.74, 6) is -0.189. The molecule has 0 bridgehead atoms. The highest BCUT2D eigenvalue weighted by Gasteiger charge is 2.36. The molecule has 0 amide bonds. The first-order valence-corrected chi connectivity index (χ1v) is 7.04. The van der Waals surface area contributed by atoms with E-state index in [4.69, 9.17) is 4.74 Å². The summed E-state index contributed by atoms with van der Waals surface area (Å²) in [5.41, 5.74) is 4.51. The second-order valence-electron chi connectivity index (χ2n) is 5.42. The van der Waals surface area contributed by atoms with Crippen LogP contribution in [0.1, 0.15) is 27.0 Å². The second-order valence-corrected chi connectivity index (χ2v) is 5.42. The number of hydrogen-bond donors (Lipinski definition) is 0. The van der Waals surface area contributed by atoms with Crippen molar-refractivity contribution in [1.82, 2.24) is 0 Å². The Hall–Kier alpha value is -2.94. The standard InChI is InChI=1S/C19H12O3/c1-11-6-8-12(9-7-11)17-18-14-5-3-2-4-13(14)15(20)10-16(18)22-19(17)21/h2-10H,1H3. The molecule has 3 nitrogen and oxygen atoms in total. The summed E-state index contributed by atoms with van der Waals surface area (Å²) in [6, 6.07) is 15.0. The lowest BCUT2D eigenvalue weighted by Crippen LogP contribution is -2.08. The summed E-state index contributed by atoms with van der Waals surface area (Å²) >= 11 is 0. The van der Waals surface area contributed by atoms with Gasteiger partial charge in [-0.2, -0.15) is 0 Å². The number of carbonyl (C=O) groups is 2. The Morgan fingerprint density at radius 2 is 1.50 bits per heavy atom. The zero-order valence-corrected chi connectivity index (χ0v) is 11.9. The van der Waals surface area contributed by atoms with E-state index in [0.29, 0.717) is 22.5 Å². The minimum absolute atomic E-state index is 0.132. The third-order valence-corrected chi connectivity index (χ3v) is 3.97. The van der Waals surface area contributed by atoms with Crippen LogP contribution in [0.2, 0.25) is 0 Å². The van der Waals surface area contributed by atoms with Crippen LogP contribution in [0, 0.1) is 6.92 Å². The highest BCUT2D eigenvalue weighted by atomic mass is 16.5. The van der Waals surface area contributed by atoms with Crippen LogP contribution < -0.4 is 0 Å². The quantitative estimate of drug-likeness (QED) is 0.754. The molecular weight excluding hydrogens is 276 g/mol. The van der Waals surface area contributed by atoms with E-state index in [2.05, 4.69) is 0 Å². The lowest BCUT2D eigenvalue weighted by atomic mass is 9.87. The van der Waals surface area contributed by atoms with Crippen molar-refractivity contribution in [1.29, 1.82) is 0 Å². The molecular formula is C19H12O3. The molecule has 1 heterocycles. The molecule has 2 aromatic carbocycles. The predicted octanol–water partition coefficient (Wildman–Crippen LogP) is 3.54. The van der Waals surface area contributed by atoms with Crippen molar-refractivity contribution >= 4 is 22.9 Å². The van der Waals surface area contributed by atoms with Gasteiger partial charge in [-0.1, -0.05) is 54.1 Å². The van der Waals surface area contributed by atoms with Gasteiger partial charge in [0.05, 0.1) is 5.57 Å². The van der Waals surface area contributed by atoms with Gasteiger partial charge >= 0.3 is 5.97 Å². The van der Waals surface area contributed by atoms with Gasteiger partial charge < -0.3 is 4.74 Å². The topological polar surface area (TPSA) is 43.4 Å². The normalized spacial score (nSPS) is 16.1. The van der Waals surface area contributed by atoms with Crippen molar-refractivity contribution in [3.63, 3.8) is 0 Å². The summed E-state index contributed by atoms with van der Waals surface area (Å²) in [7, 11) is 0. The van der Waals surface area contributed by atoms with Crippen molar-refractivity contribution in [2.45, 2.75) is 6.92 Å². The summed E-state index contributed by atoms with van der Waals surface area (Å²) in [6.45, 7) is 1.99. The molecule has 0 spiro atoms. The van der Waals surface area contributed by atoms with E-state index in [1.54, 1.807) is 6.07 Å². The van der Waals surface area contributed by atoms with Crippen LogP contribution in [-0.2, 0) is 9.53 Å². The van der Waals surface area contributed by atoms with Crippen molar-refractivity contribution < 1.29 is 14.3 Å². The maximum atomic E-state index is 12.3. The van der Waals surface area contributed by atoms with Crippen molar-refractivity contribution in [3.8, 4) is 0 Å². The number of aryl methyl sites for hydroxylation is 1. The number of ketones is 1. The van der Waals surface area contributed by atoms with Crippen LogP contribution in [0.5, 0.6) is 0 Å². The first-order valence-electron chi connectivity index (χ1n) is 7.04. The third-order valence-electron chi connectivity index (χ3n) is 3.97. The van der Waals surface area contributed by atoms with Gasteiger partial charge in [-0.05, 0) is 18.1 Å². The number of fused-ring (bicyclic) bond motifs is 3. The van der Waals surface area contributed by atoms with E-state index in [1.807, 2.05) is 49.4 Å². The smallest absolute Gasteiger partial charge is 0.344 e. The van der Waals surface area contributed by atoms with E-state index in [1.165, 1.54) is 6.08 Å². The number of carbonyl (C=O) groups excluding carboxylic acids is 2. The highest BCUT2D eigenvalue weighted by molar-refractivity contribution is 6.33. The van der Waals surface area contributed by atoms with Crippen LogP contribution in [0.25, 0.3) is 11.1 Å². The maximum absolute atomic E-state index is 12.3. The molecule has 1 aliphatic heterocycles. The number of esters is 1. The van der Waals surface area contributed by atoms with Crippen LogP contribution in [0.3, 0.4) is 0 Å². The van der Waals surface area contributed by atoms with Crippen molar-refractivity contribution in [2.24, 2.45) is 0 Å². The van der Waals surface area contributed by atoms with Gasteiger partial charge in [0, 0.05) is 17.2 Å². The molecule has 2 aliphatic rings. The molecule has 0 atom stereocenters. The third kappa shape index (κ3) is 1.76. The van der Waals surface area contributed by atoms with Crippen LogP contribution >= 0.6 is 0 Å². The number of allylic oxidation sites excluding steroid dienone is 2. The molecule has 1 aliphatic carbocycles. The minimum Gasteiger partial charge on any atom is -0.422 e. The fraction of sp³-hybridized carbons (Fsp3) is 0.0526. The van der Waals surface area contributed by atoms with E-state index in [-0.39, 0.29) is 5.78 Å². The Morgan fingerprint density at radius 1 is 0.818 bits per heavy atom. The van der Waals surface area contributed by atoms with Gasteiger partial charge in [-0.3, -0.25) is 4.79 Å². The summed E-state index contributed by atoms with van der Waals surface area (Å²) in [4.78, 5) is 24.4. The minimum atomic E-state index is -0.408. The number of hydrogen-bond acceptors (Lipinski definition) is 3. The van der Waals surface area contributed by atoms with Crippen molar-refractivity contribution in [3.05, 3.63) is 82.6 Å². The average Bonchev–Trinajstić information content (AvgIpc) is 2.84. The van der Waals surface area contributed by atoms with E-state index >= 15 is 0 Å². The Morgan fingerprint density at radius 3 is 2.23 bits per heavy atom. The monoisotopic (exact) mass is 288 g/mol. The Labute approximate surface area is 127 Å². The second kappa shape index (κ2) is 4.53. The van der Waals surface area contributed by atoms with E-state index in [9.17, 15) is 9.59 Å². The summed E-state index contributed by atoms with van der Waals surface area (Å²) in [6.07, 6.45) is 1.40. The summed E-state index contributed by atoms with van der Waals surface area (Å²) in [5, 5.41) is 0. The Kier molecular flexibility index (Phi) is 2.63. The van der Waals surface area contributed by atoms with Gasteiger partial charge in [0.2, 0.25) is 0 Å². The zero-order chi connectivity index (χ0) is 15.3. The van der Waals surface area contributed by atoms with Gasteiger partial charge in [0.15, 0.2) is 5.78 Å². The Balaban J connectivity index is 2.02. The fourth-order valence-electron chi connectivity index (χ4n) is 2.89. The maximum Gasteiger partial charge on any atom is 0.344 e. The molecule has 106 valence electrons. The first kappa shape index (κ1) is 12.8. The molecule has 0 unspecified atom stereocenters. The molecule has 0 aromatic heterocycles. The van der Waals surface area contributed by atoms with Crippen molar-refractivity contribution in [2.75, 3.05) is 0 Å². The predicted molar refractivity (Wildman–Crippen MR) is 82.9 cm³/mol. The molecule has 0 N–H and O–H groups in total. The van der Waals surface area contributed by atoms with Gasteiger partial charge in [0.1, 0.15) is 5.76 Å². The summed E-state index contributed by atoms with van der Waals surface area (Å²) < 4.78 is 5.32. The molecule has 22 heavy (non-hydrogen) atoms. The van der Waals surface area contributed by atoms with Gasteiger partial charge in [-0.15, -0.1) is 0 Å². The fourth-order valence-corrected chi connectivity index (χ4v) is 2.89. The molecule has 0 saturated heterocycles. The highest BCUT2D eigenvalue weighted by Crippen LogP contribution is 2.43. The lowest BCUT2D eigenvalue weighted by molar-refractivity contribution is -0.131. The van der Waals surface area contributed by atoms with E-state index < -0.39 is 5.97 Å². The van der Waals surface area contributed by atoms with Crippen LogP contribution in [0.15, 0.2) is 60.4 Å². The van der Waals surface area contributed by atoms with Gasteiger partial charge in [-0.25, -0.2) is 4.79 Å². The molecule has 0 saturated carbocycles. The Bertz CT molecular complexity index is 883. The van der Waals surface area contributed by atoms with Crippen LogP contribution in [0.4, 0.5) is 0 Å². The van der Waals surface area contributed by atoms with Crippen LogP contribution in [-0.4, -0.2) is 11.8 Å². The largest absolute Gasteiger partial charge is 0.422 e. The SMILES string of the molecule is Cc1ccc(C2=C3C(=CC(=O)c4ccccc43)OC2=O)cc1. The lowest BCUT2D eigenvalue weighted by Gasteiger charge is -2.14. The molecule has 2 aromatic rings. The number of rotatable bonds is 1.